The zero-order valence-corrected chi connectivity index (χ0v) is 13.4. The van der Waals surface area contributed by atoms with Crippen molar-refractivity contribution in [1.29, 1.82) is 0 Å². The zero-order valence-electron chi connectivity index (χ0n) is 12.6. The maximum Gasteiger partial charge on any atom is 0.273 e. The van der Waals surface area contributed by atoms with Crippen LogP contribution in [0.4, 0.5) is 0 Å². The Morgan fingerprint density at radius 1 is 1.00 bits per heavy atom. The average molecular weight is 320 g/mol. The lowest BCUT2D eigenvalue weighted by molar-refractivity contribution is 0.0746. The molecule has 4 rings (SSSR count). The number of fused-ring (bicyclic) bond motifs is 1. The van der Waals surface area contributed by atoms with Crippen LogP contribution >= 0.6 is 11.3 Å². The molecule has 114 valence electrons. The molecular weight excluding hydrogens is 304 g/mol. The van der Waals surface area contributed by atoms with E-state index in [1.165, 1.54) is 16.7 Å². The van der Waals surface area contributed by atoms with E-state index in [1.807, 2.05) is 40.6 Å². The first-order valence-corrected chi connectivity index (χ1v) is 8.52. The predicted octanol–water partition coefficient (Wildman–Crippen LogP) is 3.89. The molecular formula is C19H16N2OS. The first-order valence-electron chi connectivity index (χ1n) is 7.64. The van der Waals surface area contributed by atoms with Gasteiger partial charge in [0, 0.05) is 24.9 Å². The standard InChI is InChI=1S/C19H16N2OS/c22-19(21-11-15-8-4-5-9-16(15)12-21)17-13-23-18(20-17)10-14-6-2-1-3-7-14/h1-9,13H,10-12H2. The molecule has 2 aromatic carbocycles. The molecule has 1 aromatic heterocycles. The van der Waals surface area contributed by atoms with Crippen LogP contribution in [0, 0.1) is 0 Å². The quantitative estimate of drug-likeness (QED) is 0.733. The fourth-order valence-electron chi connectivity index (χ4n) is 2.90. The van der Waals surface area contributed by atoms with Crippen molar-refractivity contribution in [2.45, 2.75) is 19.5 Å². The van der Waals surface area contributed by atoms with Gasteiger partial charge in [0.05, 0.1) is 5.01 Å². The largest absolute Gasteiger partial charge is 0.329 e. The Hall–Kier alpha value is -2.46. The van der Waals surface area contributed by atoms with Gasteiger partial charge in [-0.3, -0.25) is 4.79 Å². The predicted molar refractivity (Wildman–Crippen MR) is 91.4 cm³/mol. The van der Waals surface area contributed by atoms with E-state index >= 15 is 0 Å². The van der Waals surface area contributed by atoms with E-state index in [2.05, 4.69) is 29.2 Å². The van der Waals surface area contributed by atoms with Crippen LogP contribution < -0.4 is 0 Å². The van der Waals surface area contributed by atoms with Gasteiger partial charge in [0.1, 0.15) is 5.69 Å². The molecule has 0 unspecified atom stereocenters. The molecule has 0 bridgehead atoms. The Labute approximate surface area is 139 Å². The van der Waals surface area contributed by atoms with Crippen LogP contribution in [0.3, 0.4) is 0 Å². The lowest BCUT2D eigenvalue weighted by Crippen LogP contribution is -2.25. The van der Waals surface area contributed by atoms with E-state index in [-0.39, 0.29) is 5.91 Å². The van der Waals surface area contributed by atoms with E-state index in [1.54, 1.807) is 11.3 Å². The molecule has 1 aliphatic heterocycles. The normalized spacial score (nSPS) is 13.1. The monoisotopic (exact) mass is 320 g/mol. The Bertz CT molecular complexity index is 816. The van der Waals surface area contributed by atoms with Crippen LogP contribution in [0.5, 0.6) is 0 Å². The van der Waals surface area contributed by atoms with Crippen molar-refractivity contribution in [3.63, 3.8) is 0 Å². The summed E-state index contributed by atoms with van der Waals surface area (Å²) in [6.07, 6.45) is 0.777. The highest BCUT2D eigenvalue weighted by atomic mass is 32.1. The SMILES string of the molecule is O=C(c1csc(Cc2ccccc2)n1)N1Cc2ccccc2C1. The third kappa shape index (κ3) is 2.90. The second-order valence-electron chi connectivity index (χ2n) is 5.72. The van der Waals surface area contributed by atoms with Crippen LogP contribution in [0.25, 0.3) is 0 Å². The van der Waals surface area contributed by atoms with Crippen LogP contribution in [0.1, 0.15) is 32.2 Å². The van der Waals surface area contributed by atoms with Crippen LogP contribution in [0.15, 0.2) is 60.0 Å². The molecule has 0 radical (unpaired) electrons. The van der Waals surface area contributed by atoms with E-state index in [4.69, 9.17) is 0 Å². The second-order valence-corrected chi connectivity index (χ2v) is 6.66. The number of carbonyl (C=O) groups is 1. The molecule has 0 fully saturated rings. The number of aromatic nitrogens is 1. The lowest BCUT2D eigenvalue weighted by Gasteiger charge is -2.13. The van der Waals surface area contributed by atoms with Gasteiger partial charge >= 0.3 is 0 Å². The fourth-order valence-corrected chi connectivity index (χ4v) is 3.70. The molecule has 3 nitrogen and oxygen atoms in total. The minimum Gasteiger partial charge on any atom is -0.329 e. The molecule has 0 spiro atoms. The molecule has 3 aromatic rings. The minimum absolute atomic E-state index is 0.0248. The Morgan fingerprint density at radius 2 is 1.65 bits per heavy atom. The van der Waals surface area contributed by atoms with Crippen molar-refractivity contribution >= 4 is 17.2 Å². The smallest absolute Gasteiger partial charge is 0.273 e. The Morgan fingerprint density at radius 3 is 2.35 bits per heavy atom. The van der Waals surface area contributed by atoms with Crippen LogP contribution in [0.2, 0.25) is 0 Å². The number of benzene rings is 2. The highest BCUT2D eigenvalue weighted by Crippen LogP contribution is 2.24. The zero-order chi connectivity index (χ0) is 15.6. The molecule has 0 saturated carbocycles. The van der Waals surface area contributed by atoms with Gasteiger partial charge < -0.3 is 4.90 Å². The van der Waals surface area contributed by atoms with Gasteiger partial charge in [-0.25, -0.2) is 4.98 Å². The lowest BCUT2D eigenvalue weighted by atomic mass is 10.1. The third-order valence-electron chi connectivity index (χ3n) is 4.10. The minimum atomic E-state index is 0.0248. The molecule has 4 heteroatoms. The van der Waals surface area contributed by atoms with Crippen LogP contribution in [-0.4, -0.2) is 15.8 Å². The molecule has 0 aliphatic carbocycles. The summed E-state index contributed by atoms with van der Waals surface area (Å²) in [5.41, 5.74) is 4.25. The topological polar surface area (TPSA) is 33.2 Å². The highest BCUT2D eigenvalue weighted by Gasteiger charge is 2.25. The van der Waals surface area contributed by atoms with E-state index in [0.717, 1.165) is 11.4 Å². The number of amides is 1. The van der Waals surface area contributed by atoms with Crippen molar-refractivity contribution in [2.24, 2.45) is 0 Å². The molecule has 0 atom stereocenters. The molecule has 1 amide bonds. The Balaban J connectivity index is 1.48. The number of carbonyl (C=O) groups excluding carboxylic acids is 1. The van der Waals surface area contributed by atoms with E-state index in [0.29, 0.717) is 18.8 Å². The van der Waals surface area contributed by atoms with Crippen molar-refractivity contribution in [1.82, 2.24) is 9.88 Å². The summed E-state index contributed by atoms with van der Waals surface area (Å²) in [6, 6.07) is 18.4. The van der Waals surface area contributed by atoms with Gasteiger partial charge in [-0.15, -0.1) is 11.3 Å². The summed E-state index contributed by atoms with van der Waals surface area (Å²) < 4.78 is 0. The van der Waals surface area contributed by atoms with Gasteiger partial charge in [0.2, 0.25) is 0 Å². The van der Waals surface area contributed by atoms with Gasteiger partial charge in [-0.05, 0) is 16.7 Å². The van der Waals surface area contributed by atoms with Crippen molar-refractivity contribution in [2.75, 3.05) is 0 Å². The first kappa shape index (κ1) is 14.2. The summed E-state index contributed by atoms with van der Waals surface area (Å²) in [6.45, 7) is 1.36. The summed E-state index contributed by atoms with van der Waals surface area (Å²) in [7, 11) is 0. The fraction of sp³-hybridized carbons (Fsp3) is 0.158. The molecule has 23 heavy (non-hydrogen) atoms. The van der Waals surface area contributed by atoms with Crippen molar-refractivity contribution in [3.05, 3.63) is 87.4 Å². The summed E-state index contributed by atoms with van der Waals surface area (Å²) >= 11 is 1.56. The van der Waals surface area contributed by atoms with E-state index < -0.39 is 0 Å². The van der Waals surface area contributed by atoms with Gasteiger partial charge in [-0.2, -0.15) is 0 Å². The number of rotatable bonds is 3. The summed E-state index contributed by atoms with van der Waals surface area (Å²) in [5, 5.41) is 2.86. The molecule has 2 heterocycles. The maximum atomic E-state index is 12.7. The molecule has 0 saturated heterocycles. The van der Waals surface area contributed by atoms with E-state index in [9.17, 15) is 4.79 Å². The number of nitrogens with zero attached hydrogens (tertiary/aromatic N) is 2. The summed E-state index contributed by atoms with van der Waals surface area (Å²) in [5.74, 6) is 0.0248. The van der Waals surface area contributed by atoms with Crippen LogP contribution in [-0.2, 0) is 19.5 Å². The number of hydrogen-bond donors (Lipinski definition) is 0. The maximum absolute atomic E-state index is 12.7. The Kier molecular flexibility index (Phi) is 3.67. The van der Waals surface area contributed by atoms with Gasteiger partial charge in [0.25, 0.3) is 5.91 Å². The highest BCUT2D eigenvalue weighted by molar-refractivity contribution is 7.09. The second kappa shape index (κ2) is 5.97. The van der Waals surface area contributed by atoms with Crippen molar-refractivity contribution in [3.8, 4) is 0 Å². The average Bonchev–Trinajstić information content (AvgIpc) is 3.21. The molecule has 1 aliphatic rings. The van der Waals surface area contributed by atoms with Gasteiger partial charge in [0.15, 0.2) is 0 Å². The number of thiazole rings is 1. The third-order valence-corrected chi connectivity index (χ3v) is 4.95. The number of hydrogen-bond acceptors (Lipinski definition) is 3. The molecule has 0 N–H and O–H groups in total. The van der Waals surface area contributed by atoms with Gasteiger partial charge in [-0.1, -0.05) is 54.6 Å². The van der Waals surface area contributed by atoms with Crippen molar-refractivity contribution < 1.29 is 4.79 Å². The first-order chi connectivity index (χ1) is 11.3. The summed E-state index contributed by atoms with van der Waals surface area (Å²) in [4.78, 5) is 19.1.